The van der Waals surface area contributed by atoms with E-state index in [9.17, 15) is 14.4 Å². The van der Waals surface area contributed by atoms with Crippen molar-refractivity contribution in [1.82, 2.24) is 10.2 Å². The first-order chi connectivity index (χ1) is 8.27. The third kappa shape index (κ3) is 6.07. The standard InChI is InChI=1S/C11H20N2O5/c1-4-13(6-7(2)3)11(18)12-8(10(16)17)5-9(14)15/h7-8H,4-6H2,1-3H3,(H,12,18)(H,14,15)(H,16,17)/t8-/m1/s1. The van der Waals surface area contributed by atoms with E-state index in [1.165, 1.54) is 4.90 Å². The number of rotatable bonds is 7. The fraction of sp³-hybridized carbons (Fsp3) is 0.727. The molecule has 0 heterocycles. The molecule has 0 unspecified atom stereocenters. The monoisotopic (exact) mass is 260 g/mol. The second kappa shape index (κ2) is 7.52. The molecule has 0 saturated heterocycles. The van der Waals surface area contributed by atoms with E-state index in [0.29, 0.717) is 13.1 Å². The van der Waals surface area contributed by atoms with Crippen molar-refractivity contribution in [1.29, 1.82) is 0 Å². The van der Waals surface area contributed by atoms with E-state index in [4.69, 9.17) is 10.2 Å². The molecule has 0 rings (SSSR count). The molecule has 0 saturated carbocycles. The first kappa shape index (κ1) is 16.2. The molecular weight excluding hydrogens is 240 g/mol. The molecule has 104 valence electrons. The third-order valence-electron chi connectivity index (χ3n) is 2.23. The number of carbonyl (C=O) groups excluding carboxylic acids is 1. The number of nitrogens with one attached hydrogen (secondary N) is 1. The maximum Gasteiger partial charge on any atom is 0.326 e. The van der Waals surface area contributed by atoms with E-state index >= 15 is 0 Å². The summed E-state index contributed by atoms with van der Waals surface area (Å²) >= 11 is 0. The summed E-state index contributed by atoms with van der Waals surface area (Å²) in [6.07, 6.45) is -0.639. The van der Waals surface area contributed by atoms with Gasteiger partial charge in [0.05, 0.1) is 6.42 Å². The largest absolute Gasteiger partial charge is 0.481 e. The molecule has 0 aromatic heterocycles. The molecule has 18 heavy (non-hydrogen) atoms. The van der Waals surface area contributed by atoms with Crippen LogP contribution in [-0.4, -0.2) is 52.2 Å². The number of aliphatic carboxylic acids is 2. The maximum absolute atomic E-state index is 11.8. The van der Waals surface area contributed by atoms with Gasteiger partial charge < -0.3 is 20.4 Å². The predicted octanol–water partition coefficient (Wildman–Crippen LogP) is 0.602. The number of carbonyl (C=O) groups is 3. The van der Waals surface area contributed by atoms with Gasteiger partial charge in [-0.25, -0.2) is 9.59 Å². The smallest absolute Gasteiger partial charge is 0.326 e. The van der Waals surface area contributed by atoms with Gasteiger partial charge in [-0.1, -0.05) is 13.8 Å². The first-order valence-electron chi connectivity index (χ1n) is 5.77. The van der Waals surface area contributed by atoms with Crippen molar-refractivity contribution in [3.63, 3.8) is 0 Å². The Kier molecular flexibility index (Phi) is 6.77. The van der Waals surface area contributed by atoms with Gasteiger partial charge in [-0.15, -0.1) is 0 Å². The van der Waals surface area contributed by atoms with Crippen LogP contribution in [0, 0.1) is 5.92 Å². The van der Waals surface area contributed by atoms with Crippen molar-refractivity contribution in [2.75, 3.05) is 13.1 Å². The summed E-state index contributed by atoms with van der Waals surface area (Å²) in [5.41, 5.74) is 0. The summed E-state index contributed by atoms with van der Waals surface area (Å²) in [5.74, 6) is -2.38. The van der Waals surface area contributed by atoms with Crippen molar-refractivity contribution in [3.05, 3.63) is 0 Å². The van der Waals surface area contributed by atoms with Crippen LogP contribution < -0.4 is 5.32 Å². The Hall–Kier alpha value is -1.79. The van der Waals surface area contributed by atoms with Crippen molar-refractivity contribution in [2.45, 2.75) is 33.2 Å². The highest BCUT2D eigenvalue weighted by Crippen LogP contribution is 2.01. The van der Waals surface area contributed by atoms with Crippen LogP contribution in [0.1, 0.15) is 27.2 Å². The molecule has 0 aromatic rings. The molecule has 7 heteroatoms. The van der Waals surface area contributed by atoms with E-state index in [1.54, 1.807) is 6.92 Å². The lowest BCUT2D eigenvalue weighted by atomic mass is 10.2. The Bertz CT molecular complexity index is 317. The quantitative estimate of drug-likeness (QED) is 0.621. The Morgan fingerprint density at radius 2 is 1.78 bits per heavy atom. The zero-order valence-electron chi connectivity index (χ0n) is 10.8. The van der Waals surface area contributed by atoms with Crippen LogP contribution in [-0.2, 0) is 9.59 Å². The zero-order chi connectivity index (χ0) is 14.3. The van der Waals surface area contributed by atoms with Gasteiger partial charge in [0, 0.05) is 13.1 Å². The summed E-state index contributed by atoms with van der Waals surface area (Å²) in [6, 6.07) is -1.96. The Balaban J connectivity index is 4.56. The van der Waals surface area contributed by atoms with Gasteiger partial charge in [0.2, 0.25) is 0 Å². The summed E-state index contributed by atoms with van der Waals surface area (Å²) in [5, 5.41) is 19.6. The minimum atomic E-state index is -1.41. The van der Waals surface area contributed by atoms with Gasteiger partial charge in [0.1, 0.15) is 6.04 Å². The van der Waals surface area contributed by atoms with Crippen molar-refractivity contribution in [2.24, 2.45) is 5.92 Å². The van der Waals surface area contributed by atoms with Crippen LogP contribution in [0.15, 0.2) is 0 Å². The minimum Gasteiger partial charge on any atom is -0.481 e. The fourth-order valence-electron chi connectivity index (χ4n) is 1.41. The predicted molar refractivity (Wildman–Crippen MR) is 64.3 cm³/mol. The Morgan fingerprint density at radius 3 is 2.11 bits per heavy atom. The molecule has 3 N–H and O–H groups in total. The van der Waals surface area contributed by atoms with Crippen molar-refractivity contribution < 1.29 is 24.6 Å². The first-order valence-corrected chi connectivity index (χ1v) is 5.77. The number of urea groups is 1. The molecule has 0 spiro atoms. The number of hydrogen-bond donors (Lipinski definition) is 3. The lowest BCUT2D eigenvalue weighted by Gasteiger charge is -2.25. The van der Waals surface area contributed by atoms with Crippen LogP contribution in [0.3, 0.4) is 0 Å². The van der Waals surface area contributed by atoms with Gasteiger partial charge >= 0.3 is 18.0 Å². The molecule has 0 aliphatic rings. The number of carboxylic acids is 2. The highest BCUT2D eigenvalue weighted by Gasteiger charge is 2.25. The SMILES string of the molecule is CCN(CC(C)C)C(=O)N[C@H](CC(=O)O)C(=O)O. The topological polar surface area (TPSA) is 107 Å². The van der Waals surface area contributed by atoms with Crippen LogP contribution in [0.5, 0.6) is 0 Å². The van der Waals surface area contributed by atoms with Crippen molar-refractivity contribution >= 4 is 18.0 Å². The summed E-state index contributed by atoms with van der Waals surface area (Å²) in [6.45, 7) is 6.56. The lowest BCUT2D eigenvalue weighted by molar-refractivity contribution is -0.145. The molecule has 0 bridgehead atoms. The van der Waals surface area contributed by atoms with E-state index in [1.807, 2.05) is 13.8 Å². The molecule has 0 aliphatic carbocycles. The van der Waals surface area contributed by atoms with E-state index in [0.717, 1.165) is 0 Å². The number of hydrogen-bond acceptors (Lipinski definition) is 3. The average Bonchev–Trinajstić information content (AvgIpc) is 2.23. The number of nitrogens with zero attached hydrogens (tertiary/aromatic N) is 1. The van der Waals surface area contributed by atoms with E-state index in [2.05, 4.69) is 5.32 Å². The fourth-order valence-corrected chi connectivity index (χ4v) is 1.41. The van der Waals surface area contributed by atoms with Gasteiger partial charge in [0.15, 0.2) is 0 Å². The molecule has 7 nitrogen and oxygen atoms in total. The van der Waals surface area contributed by atoms with Crippen LogP contribution in [0.25, 0.3) is 0 Å². The van der Waals surface area contributed by atoms with Gasteiger partial charge in [0.25, 0.3) is 0 Å². The third-order valence-corrected chi connectivity index (χ3v) is 2.23. The van der Waals surface area contributed by atoms with Gasteiger partial charge in [-0.3, -0.25) is 4.79 Å². The van der Waals surface area contributed by atoms with Gasteiger partial charge in [-0.2, -0.15) is 0 Å². The van der Waals surface area contributed by atoms with Crippen molar-refractivity contribution in [3.8, 4) is 0 Å². The molecular formula is C11H20N2O5. The summed E-state index contributed by atoms with van der Waals surface area (Å²) < 4.78 is 0. The van der Waals surface area contributed by atoms with E-state index in [-0.39, 0.29) is 5.92 Å². The lowest BCUT2D eigenvalue weighted by Crippen LogP contribution is -2.49. The minimum absolute atomic E-state index is 0.249. The molecule has 2 amide bonds. The summed E-state index contributed by atoms with van der Waals surface area (Å²) in [7, 11) is 0. The van der Waals surface area contributed by atoms with Crippen LogP contribution in [0.2, 0.25) is 0 Å². The van der Waals surface area contributed by atoms with E-state index < -0.39 is 30.4 Å². The van der Waals surface area contributed by atoms with Crippen LogP contribution in [0.4, 0.5) is 4.79 Å². The Labute approximate surface area is 106 Å². The number of carboxylic acid groups (broad SMARTS) is 2. The highest BCUT2D eigenvalue weighted by molar-refractivity contribution is 5.86. The second-order valence-corrected chi connectivity index (χ2v) is 4.37. The summed E-state index contributed by atoms with van der Waals surface area (Å²) in [4.78, 5) is 34.5. The average molecular weight is 260 g/mol. The molecule has 0 aromatic carbocycles. The van der Waals surface area contributed by atoms with Crippen LogP contribution >= 0.6 is 0 Å². The maximum atomic E-state index is 11.8. The second-order valence-electron chi connectivity index (χ2n) is 4.37. The number of amides is 2. The molecule has 0 radical (unpaired) electrons. The molecule has 1 atom stereocenters. The molecule has 0 fully saturated rings. The molecule has 0 aliphatic heterocycles. The Morgan fingerprint density at radius 1 is 1.22 bits per heavy atom. The normalized spacial score (nSPS) is 12.0. The highest BCUT2D eigenvalue weighted by atomic mass is 16.4. The zero-order valence-corrected chi connectivity index (χ0v) is 10.8. The van der Waals surface area contributed by atoms with Gasteiger partial charge in [-0.05, 0) is 12.8 Å².